The van der Waals surface area contributed by atoms with Crippen molar-refractivity contribution < 1.29 is 5.11 Å². The van der Waals surface area contributed by atoms with Crippen LogP contribution in [-0.2, 0) is 13.0 Å². The van der Waals surface area contributed by atoms with E-state index in [2.05, 4.69) is 11.8 Å². The summed E-state index contributed by atoms with van der Waals surface area (Å²) in [6, 6.07) is 0. The van der Waals surface area contributed by atoms with Crippen LogP contribution in [0.15, 0.2) is 0 Å². The molecule has 3 nitrogen and oxygen atoms in total. The highest BCUT2D eigenvalue weighted by atomic mass is 32.1. The van der Waals surface area contributed by atoms with E-state index in [0.29, 0.717) is 0 Å². The van der Waals surface area contributed by atoms with Crippen LogP contribution in [0.25, 0.3) is 0 Å². The molecule has 0 bridgehead atoms. The lowest BCUT2D eigenvalue weighted by Gasteiger charge is -2.23. The summed E-state index contributed by atoms with van der Waals surface area (Å²) in [4.78, 5) is 8.23. The lowest BCUT2D eigenvalue weighted by molar-refractivity contribution is 0.284. The molecule has 18 heavy (non-hydrogen) atoms. The maximum Gasteiger partial charge on any atom is 0.185 e. The molecule has 0 amide bonds. The summed E-state index contributed by atoms with van der Waals surface area (Å²) in [5, 5.41) is 10.5. The van der Waals surface area contributed by atoms with Crippen molar-refractivity contribution in [3.63, 3.8) is 0 Å². The predicted molar refractivity (Wildman–Crippen MR) is 77.3 cm³/mol. The molecule has 2 rings (SSSR count). The molecule has 0 aromatic carbocycles. The van der Waals surface area contributed by atoms with E-state index in [-0.39, 0.29) is 6.61 Å². The second kappa shape index (κ2) is 7.10. The van der Waals surface area contributed by atoms with Gasteiger partial charge < -0.3 is 10.0 Å². The summed E-state index contributed by atoms with van der Waals surface area (Å²) in [6.07, 6.45) is 8.70. The van der Waals surface area contributed by atoms with Crippen LogP contribution in [0.1, 0.15) is 56.0 Å². The molecule has 0 saturated carbocycles. The van der Waals surface area contributed by atoms with Gasteiger partial charge in [0.15, 0.2) is 5.13 Å². The van der Waals surface area contributed by atoms with Crippen LogP contribution >= 0.6 is 11.3 Å². The van der Waals surface area contributed by atoms with E-state index in [1.54, 1.807) is 11.3 Å². The minimum absolute atomic E-state index is 0.140. The molecule has 0 aliphatic carbocycles. The van der Waals surface area contributed by atoms with Crippen molar-refractivity contribution in [1.29, 1.82) is 0 Å². The highest BCUT2D eigenvalue weighted by Crippen LogP contribution is 2.28. The Morgan fingerprint density at radius 3 is 2.44 bits per heavy atom. The fourth-order valence-corrected chi connectivity index (χ4v) is 3.52. The summed E-state index contributed by atoms with van der Waals surface area (Å²) < 4.78 is 0. The van der Waals surface area contributed by atoms with Crippen LogP contribution in [0.4, 0.5) is 5.13 Å². The highest BCUT2D eigenvalue weighted by Gasteiger charge is 2.16. The first-order valence-electron chi connectivity index (χ1n) is 7.19. The maximum atomic E-state index is 9.41. The molecule has 0 atom stereocenters. The van der Waals surface area contributed by atoms with Crippen LogP contribution in [0.3, 0.4) is 0 Å². The van der Waals surface area contributed by atoms with E-state index in [1.165, 1.54) is 32.1 Å². The van der Waals surface area contributed by atoms with Crippen LogP contribution in [0.5, 0.6) is 0 Å². The Morgan fingerprint density at radius 1 is 1.17 bits per heavy atom. The zero-order valence-electron chi connectivity index (χ0n) is 11.3. The van der Waals surface area contributed by atoms with Gasteiger partial charge in [0.25, 0.3) is 0 Å². The monoisotopic (exact) mass is 268 g/mol. The number of aryl methyl sites for hydroxylation is 1. The number of hydrogen-bond donors (Lipinski definition) is 1. The normalized spacial score (nSPS) is 17.6. The van der Waals surface area contributed by atoms with Crippen molar-refractivity contribution in [3.05, 3.63) is 10.6 Å². The van der Waals surface area contributed by atoms with E-state index in [9.17, 15) is 5.11 Å². The summed E-state index contributed by atoms with van der Waals surface area (Å²) in [6.45, 7) is 4.56. The molecule has 1 fully saturated rings. The number of aliphatic hydroxyl groups excluding tert-OH is 1. The van der Waals surface area contributed by atoms with Crippen LogP contribution < -0.4 is 4.90 Å². The van der Waals surface area contributed by atoms with Crippen molar-refractivity contribution in [2.24, 2.45) is 0 Å². The largest absolute Gasteiger partial charge is 0.391 e. The molecule has 1 N–H and O–H groups in total. The van der Waals surface area contributed by atoms with Gasteiger partial charge in [-0.25, -0.2) is 4.98 Å². The number of aromatic nitrogens is 1. The average molecular weight is 268 g/mol. The smallest absolute Gasteiger partial charge is 0.185 e. The quantitative estimate of drug-likeness (QED) is 0.909. The van der Waals surface area contributed by atoms with Crippen LogP contribution in [0, 0.1) is 0 Å². The van der Waals surface area contributed by atoms with Gasteiger partial charge in [0.1, 0.15) is 0 Å². The molecular formula is C14H24N2OS. The molecule has 1 aromatic rings. The van der Waals surface area contributed by atoms with Crippen molar-refractivity contribution in [3.8, 4) is 0 Å². The van der Waals surface area contributed by atoms with Crippen molar-refractivity contribution in [2.45, 2.75) is 58.5 Å². The second-order valence-electron chi connectivity index (χ2n) is 5.03. The standard InChI is InChI=1S/C14H24N2OS/c1-2-8-12-13(11-17)18-14(15-12)16-9-6-4-3-5-7-10-16/h17H,2-11H2,1H3. The van der Waals surface area contributed by atoms with Crippen molar-refractivity contribution in [1.82, 2.24) is 4.98 Å². The number of thiazole rings is 1. The summed E-state index contributed by atoms with van der Waals surface area (Å²) in [5.41, 5.74) is 1.11. The molecule has 1 saturated heterocycles. The Hall–Kier alpha value is -0.610. The fourth-order valence-electron chi connectivity index (χ4n) is 2.50. The minimum Gasteiger partial charge on any atom is -0.391 e. The molecule has 4 heteroatoms. The average Bonchev–Trinajstić information content (AvgIpc) is 2.72. The molecule has 0 unspecified atom stereocenters. The van der Waals surface area contributed by atoms with Crippen molar-refractivity contribution in [2.75, 3.05) is 18.0 Å². The van der Waals surface area contributed by atoms with Gasteiger partial charge in [-0.1, -0.05) is 43.9 Å². The lowest BCUT2D eigenvalue weighted by atomic mass is 10.1. The molecule has 0 spiro atoms. The summed E-state index contributed by atoms with van der Waals surface area (Å²) in [5.74, 6) is 0. The van der Waals surface area contributed by atoms with Gasteiger partial charge in [0.2, 0.25) is 0 Å². The first-order valence-corrected chi connectivity index (χ1v) is 8.01. The molecule has 1 aliphatic heterocycles. The van der Waals surface area contributed by atoms with Crippen molar-refractivity contribution >= 4 is 16.5 Å². The molecule has 1 aliphatic rings. The van der Waals surface area contributed by atoms with Gasteiger partial charge in [0, 0.05) is 13.1 Å². The Morgan fingerprint density at radius 2 is 1.83 bits per heavy atom. The van der Waals surface area contributed by atoms with Gasteiger partial charge in [-0.3, -0.25) is 0 Å². The van der Waals surface area contributed by atoms with Gasteiger partial charge in [-0.15, -0.1) is 0 Å². The molecule has 102 valence electrons. The Bertz CT molecular complexity index is 357. The van der Waals surface area contributed by atoms with Crippen LogP contribution in [0.2, 0.25) is 0 Å². The topological polar surface area (TPSA) is 36.4 Å². The third kappa shape index (κ3) is 3.45. The first-order chi connectivity index (χ1) is 8.85. The Kier molecular flexibility index (Phi) is 5.45. The Balaban J connectivity index is 2.10. The molecule has 2 heterocycles. The number of hydrogen-bond acceptors (Lipinski definition) is 4. The van der Waals surface area contributed by atoms with Gasteiger partial charge in [0.05, 0.1) is 17.2 Å². The number of rotatable bonds is 4. The molecular weight excluding hydrogens is 244 g/mol. The summed E-state index contributed by atoms with van der Waals surface area (Å²) in [7, 11) is 0. The number of anilines is 1. The van der Waals surface area contributed by atoms with E-state index in [1.807, 2.05) is 0 Å². The third-order valence-corrected chi connectivity index (χ3v) is 4.67. The van der Waals surface area contributed by atoms with Gasteiger partial charge in [-0.2, -0.15) is 0 Å². The predicted octanol–water partition coefficient (Wildman–Crippen LogP) is 3.36. The number of aliphatic hydroxyl groups is 1. The SMILES string of the molecule is CCCc1nc(N2CCCCCCC2)sc1CO. The third-order valence-electron chi connectivity index (χ3n) is 3.52. The molecule has 1 aromatic heterocycles. The minimum atomic E-state index is 0.140. The van der Waals surface area contributed by atoms with E-state index in [4.69, 9.17) is 4.98 Å². The van der Waals surface area contributed by atoms with Gasteiger partial charge in [-0.05, 0) is 19.3 Å². The van der Waals surface area contributed by atoms with E-state index < -0.39 is 0 Å². The Labute approximate surface area is 114 Å². The highest BCUT2D eigenvalue weighted by molar-refractivity contribution is 7.15. The second-order valence-corrected chi connectivity index (χ2v) is 6.09. The lowest BCUT2D eigenvalue weighted by Crippen LogP contribution is -2.26. The zero-order valence-corrected chi connectivity index (χ0v) is 12.1. The van der Waals surface area contributed by atoms with Gasteiger partial charge >= 0.3 is 0 Å². The van der Waals surface area contributed by atoms with E-state index in [0.717, 1.165) is 41.6 Å². The summed E-state index contributed by atoms with van der Waals surface area (Å²) >= 11 is 1.69. The van der Waals surface area contributed by atoms with E-state index >= 15 is 0 Å². The number of nitrogens with zero attached hydrogens (tertiary/aromatic N) is 2. The zero-order chi connectivity index (χ0) is 12.8. The maximum absolute atomic E-state index is 9.41. The first kappa shape index (κ1) is 13.8. The molecule has 0 radical (unpaired) electrons. The van der Waals surface area contributed by atoms with Crippen LogP contribution in [-0.4, -0.2) is 23.2 Å². The fraction of sp³-hybridized carbons (Fsp3) is 0.786.